The molecule has 1 aliphatic rings. The molecule has 0 aliphatic heterocycles. The van der Waals surface area contributed by atoms with Gasteiger partial charge in [-0.1, -0.05) is 41.0 Å². The van der Waals surface area contributed by atoms with E-state index in [0.717, 1.165) is 6.42 Å². The van der Waals surface area contributed by atoms with Crippen LogP contribution in [0.3, 0.4) is 0 Å². The minimum atomic E-state index is -0.00949. The number of hydrogen-bond acceptors (Lipinski definition) is 3. The van der Waals surface area contributed by atoms with Crippen LogP contribution in [0.2, 0.25) is 0 Å². The van der Waals surface area contributed by atoms with Crippen molar-refractivity contribution in [3.8, 4) is 0 Å². The topological polar surface area (TPSA) is 46.5 Å². The van der Waals surface area contributed by atoms with Crippen LogP contribution >= 0.6 is 0 Å². The maximum atomic E-state index is 11.8. The van der Waals surface area contributed by atoms with E-state index in [4.69, 9.17) is 9.84 Å². The first-order valence-electron chi connectivity index (χ1n) is 8.12. The van der Waals surface area contributed by atoms with Crippen molar-refractivity contribution < 1.29 is 14.6 Å². The average molecular weight is 286 g/mol. The quantitative estimate of drug-likeness (QED) is 0.794. The van der Waals surface area contributed by atoms with Gasteiger partial charge in [-0.2, -0.15) is 0 Å². The van der Waals surface area contributed by atoms with Crippen molar-refractivity contribution in [2.45, 2.75) is 73.3 Å². The van der Waals surface area contributed by atoms with Gasteiger partial charge in [0.25, 0.3) is 0 Å². The lowest BCUT2D eigenvalue weighted by atomic mass is 9.75. The zero-order valence-corrected chi connectivity index (χ0v) is 14.2. The van der Waals surface area contributed by atoms with Gasteiger partial charge in [-0.3, -0.25) is 4.79 Å². The molecule has 0 amide bonds. The second-order valence-electron chi connectivity index (χ2n) is 6.77. The number of esters is 1. The molecule has 20 heavy (non-hydrogen) atoms. The summed E-state index contributed by atoms with van der Waals surface area (Å²) in [6.45, 7) is 12.8. The number of rotatable bonds is 4. The Morgan fingerprint density at radius 1 is 1.25 bits per heavy atom. The molecule has 3 heteroatoms. The van der Waals surface area contributed by atoms with Crippen LogP contribution in [-0.2, 0) is 9.53 Å². The fourth-order valence-corrected chi connectivity index (χ4v) is 2.80. The van der Waals surface area contributed by atoms with Gasteiger partial charge >= 0.3 is 5.97 Å². The zero-order chi connectivity index (χ0) is 15.7. The molecule has 0 aromatic rings. The van der Waals surface area contributed by atoms with E-state index in [1.807, 2.05) is 0 Å². The standard InChI is InChI=1S/C15H28O2.C2H6O/c1-10(2)8-15(16)17-14-9-12(5)6-7-13(14)11(3)4;1-2-3/h10-14H,6-9H2,1-5H3;3H,2H2,1H3. The number of carbonyl (C=O) groups excluding carboxylic acids is 1. The molecule has 0 saturated heterocycles. The van der Waals surface area contributed by atoms with Crippen LogP contribution in [0, 0.1) is 23.7 Å². The third kappa shape index (κ3) is 7.88. The normalized spacial score (nSPS) is 26.1. The number of aliphatic hydroxyl groups is 1. The van der Waals surface area contributed by atoms with E-state index in [9.17, 15) is 4.79 Å². The van der Waals surface area contributed by atoms with E-state index >= 15 is 0 Å². The summed E-state index contributed by atoms with van der Waals surface area (Å²) in [7, 11) is 0. The Morgan fingerprint density at radius 3 is 2.25 bits per heavy atom. The maximum absolute atomic E-state index is 11.8. The first kappa shape index (κ1) is 19.4. The minimum absolute atomic E-state index is 0.00949. The van der Waals surface area contributed by atoms with Crippen LogP contribution in [0.25, 0.3) is 0 Å². The van der Waals surface area contributed by atoms with E-state index in [1.54, 1.807) is 6.92 Å². The maximum Gasteiger partial charge on any atom is 0.306 e. The van der Waals surface area contributed by atoms with Gasteiger partial charge in [-0.15, -0.1) is 0 Å². The highest BCUT2D eigenvalue weighted by Gasteiger charge is 2.33. The summed E-state index contributed by atoms with van der Waals surface area (Å²) in [5, 5.41) is 7.57. The van der Waals surface area contributed by atoms with Gasteiger partial charge < -0.3 is 9.84 Å². The van der Waals surface area contributed by atoms with Gasteiger partial charge in [0.15, 0.2) is 0 Å². The lowest BCUT2D eigenvalue weighted by Gasteiger charge is -2.36. The Balaban J connectivity index is 0.00000110. The number of hydrogen-bond donors (Lipinski definition) is 1. The van der Waals surface area contributed by atoms with Crippen molar-refractivity contribution in [3.63, 3.8) is 0 Å². The first-order chi connectivity index (χ1) is 9.31. The molecule has 3 nitrogen and oxygen atoms in total. The van der Waals surface area contributed by atoms with Crippen molar-refractivity contribution in [1.82, 2.24) is 0 Å². The Bertz CT molecular complexity index is 261. The molecule has 0 heterocycles. The summed E-state index contributed by atoms with van der Waals surface area (Å²) in [5.41, 5.74) is 0. The fraction of sp³-hybridized carbons (Fsp3) is 0.941. The van der Waals surface area contributed by atoms with E-state index < -0.39 is 0 Å². The monoisotopic (exact) mass is 286 g/mol. The summed E-state index contributed by atoms with van der Waals surface area (Å²) in [6, 6.07) is 0. The molecular weight excluding hydrogens is 252 g/mol. The first-order valence-corrected chi connectivity index (χ1v) is 8.12. The van der Waals surface area contributed by atoms with Crippen LogP contribution in [0.1, 0.15) is 67.2 Å². The van der Waals surface area contributed by atoms with Crippen LogP contribution in [0.4, 0.5) is 0 Å². The summed E-state index contributed by atoms with van der Waals surface area (Å²) < 4.78 is 5.71. The molecule has 1 saturated carbocycles. The van der Waals surface area contributed by atoms with Gasteiger partial charge in [0.2, 0.25) is 0 Å². The summed E-state index contributed by atoms with van der Waals surface area (Å²) >= 11 is 0. The van der Waals surface area contributed by atoms with E-state index in [0.29, 0.717) is 30.1 Å². The molecule has 3 atom stereocenters. The molecule has 120 valence electrons. The highest BCUT2D eigenvalue weighted by Crippen LogP contribution is 2.35. The van der Waals surface area contributed by atoms with Crippen LogP contribution < -0.4 is 0 Å². The molecule has 0 spiro atoms. The Morgan fingerprint density at radius 2 is 1.80 bits per heavy atom. The van der Waals surface area contributed by atoms with Crippen LogP contribution in [0.15, 0.2) is 0 Å². The summed E-state index contributed by atoms with van der Waals surface area (Å²) in [6.07, 6.45) is 4.24. The van der Waals surface area contributed by atoms with Gasteiger partial charge in [-0.05, 0) is 43.4 Å². The van der Waals surface area contributed by atoms with Gasteiger partial charge in [0.1, 0.15) is 6.10 Å². The van der Waals surface area contributed by atoms with Crippen molar-refractivity contribution in [2.24, 2.45) is 23.7 Å². The van der Waals surface area contributed by atoms with Crippen molar-refractivity contribution in [3.05, 3.63) is 0 Å². The third-order valence-corrected chi connectivity index (χ3v) is 3.82. The summed E-state index contributed by atoms with van der Waals surface area (Å²) in [4.78, 5) is 11.8. The molecule has 0 radical (unpaired) electrons. The predicted octanol–water partition coefficient (Wildman–Crippen LogP) is 4.04. The lowest BCUT2D eigenvalue weighted by Crippen LogP contribution is -2.36. The van der Waals surface area contributed by atoms with Crippen LogP contribution in [-0.4, -0.2) is 23.8 Å². The highest BCUT2D eigenvalue weighted by atomic mass is 16.5. The number of aliphatic hydroxyl groups excluding tert-OH is 1. The SMILES string of the molecule is CC(C)CC(=O)OC1CC(C)CCC1C(C)C.CCO. The Labute approximate surface area is 125 Å². The largest absolute Gasteiger partial charge is 0.462 e. The zero-order valence-electron chi connectivity index (χ0n) is 14.2. The fourth-order valence-electron chi connectivity index (χ4n) is 2.80. The molecule has 0 bridgehead atoms. The Kier molecular flexibility index (Phi) is 9.91. The van der Waals surface area contributed by atoms with Gasteiger partial charge in [0, 0.05) is 13.0 Å². The average Bonchev–Trinajstić information content (AvgIpc) is 2.28. The van der Waals surface area contributed by atoms with Crippen molar-refractivity contribution in [2.75, 3.05) is 6.61 Å². The van der Waals surface area contributed by atoms with Crippen molar-refractivity contribution >= 4 is 5.97 Å². The second kappa shape index (κ2) is 10.2. The molecule has 1 N–H and O–H groups in total. The van der Waals surface area contributed by atoms with Gasteiger partial charge in [-0.25, -0.2) is 0 Å². The third-order valence-electron chi connectivity index (χ3n) is 3.82. The lowest BCUT2D eigenvalue weighted by molar-refractivity contribution is -0.156. The molecule has 0 aromatic carbocycles. The molecule has 1 aliphatic carbocycles. The molecule has 1 fully saturated rings. The number of carbonyl (C=O) groups is 1. The van der Waals surface area contributed by atoms with Crippen molar-refractivity contribution in [1.29, 1.82) is 0 Å². The molecule has 1 rings (SSSR count). The molecule has 0 aromatic heterocycles. The van der Waals surface area contributed by atoms with Gasteiger partial charge in [0.05, 0.1) is 0 Å². The summed E-state index contributed by atoms with van der Waals surface area (Å²) in [5.74, 6) is 2.24. The molecule has 3 unspecified atom stereocenters. The predicted molar refractivity (Wildman–Crippen MR) is 83.4 cm³/mol. The Hall–Kier alpha value is -0.570. The van der Waals surface area contributed by atoms with E-state index in [1.165, 1.54) is 12.8 Å². The van der Waals surface area contributed by atoms with Crippen LogP contribution in [0.5, 0.6) is 0 Å². The second-order valence-corrected chi connectivity index (χ2v) is 6.77. The van der Waals surface area contributed by atoms with E-state index in [-0.39, 0.29) is 18.7 Å². The van der Waals surface area contributed by atoms with E-state index in [2.05, 4.69) is 34.6 Å². The molecular formula is C17H34O3. The smallest absolute Gasteiger partial charge is 0.306 e. The number of ether oxygens (including phenoxy) is 1. The highest BCUT2D eigenvalue weighted by molar-refractivity contribution is 5.69. The minimum Gasteiger partial charge on any atom is -0.462 e.